The third-order valence-corrected chi connectivity index (χ3v) is 1.26. The lowest BCUT2D eigenvalue weighted by Gasteiger charge is -2.02. The van der Waals surface area contributed by atoms with E-state index in [4.69, 9.17) is 5.73 Å². The van der Waals surface area contributed by atoms with Crippen LogP contribution in [0.5, 0.6) is 0 Å². The topological polar surface area (TPSA) is 58.7 Å². The van der Waals surface area contributed by atoms with Crippen molar-refractivity contribution in [2.75, 3.05) is 21.1 Å². The summed E-state index contributed by atoms with van der Waals surface area (Å²) in [5.74, 6) is -0.151. The van der Waals surface area contributed by atoms with Crippen molar-refractivity contribution in [2.24, 2.45) is 10.7 Å². The van der Waals surface area contributed by atoms with Gasteiger partial charge in [-0.2, -0.15) is 0 Å². The van der Waals surface area contributed by atoms with Crippen molar-refractivity contribution < 1.29 is 4.79 Å². The summed E-state index contributed by atoms with van der Waals surface area (Å²) in [7, 11) is 5.26. The molecule has 0 saturated carbocycles. The van der Waals surface area contributed by atoms with Crippen LogP contribution in [0.25, 0.3) is 0 Å². The summed E-state index contributed by atoms with van der Waals surface area (Å²) in [4.78, 5) is 16.8. The highest BCUT2D eigenvalue weighted by Crippen LogP contribution is 1.93. The van der Waals surface area contributed by atoms with E-state index in [0.717, 1.165) is 0 Å². The van der Waals surface area contributed by atoms with Crippen LogP contribution in [-0.2, 0) is 4.79 Å². The standard InChI is InChI=1S/C9H15N3O/c1-11-7-8(6-10)9(13)4-5-12(2)3/h4-7H,10H2,1-3H3/b5-4+,8-6?,11-7?. The first-order valence-corrected chi connectivity index (χ1v) is 3.84. The Morgan fingerprint density at radius 1 is 1.46 bits per heavy atom. The number of carbonyl (C=O) groups is 1. The van der Waals surface area contributed by atoms with Crippen LogP contribution >= 0.6 is 0 Å². The van der Waals surface area contributed by atoms with Gasteiger partial charge in [-0.3, -0.25) is 9.79 Å². The minimum absolute atomic E-state index is 0.151. The van der Waals surface area contributed by atoms with Gasteiger partial charge in [-0.1, -0.05) is 0 Å². The predicted molar refractivity (Wildman–Crippen MR) is 54.5 cm³/mol. The molecule has 0 bridgehead atoms. The summed E-state index contributed by atoms with van der Waals surface area (Å²) in [5.41, 5.74) is 5.63. The quantitative estimate of drug-likeness (QED) is 0.497. The molecule has 0 aromatic rings. The van der Waals surface area contributed by atoms with Crippen LogP contribution < -0.4 is 5.73 Å². The van der Waals surface area contributed by atoms with Gasteiger partial charge in [0.1, 0.15) is 0 Å². The first kappa shape index (κ1) is 11.4. The van der Waals surface area contributed by atoms with Gasteiger partial charge in [-0.15, -0.1) is 0 Å². The fourth-order valence-corrected chi connectivity index (χ4v) is 0.641. The number of nitrogens with two attached hydrogens (primary N) is 1. The van der Waals surface area contributed by atoms with Crippen LogP contribution in [0.4, 0.5) is 0 Å². The van der Waals surface area contributed by atoms with Crippen molar-refractivity contribution in [3.63, 3.8) is 0 Å². The fourth-order valence-electron chi connectivity index (χ4n) is 0.641. The van der Waals surface area contributed by atoms with Crippen molar-refractivity contribution in [3.05, 3.63) is 24.0 Å². The average molecular weight is 181 g/mol. The molecule has 0 atom stereocenters. The largest absolute Gasteiger partial charge is 0.404 e. The van der Waals surface area contributed by atoms with Crippen LogP contribution in [0.2, 0.25) is 0 Å². The Labute approximate surface area is 78.4 Å². The molecule has 0 amide bonds. The molecular weight excluding hydrogens is 166 g/mol. The molecule has 0 unspecified atom stereocenters. The molecule has 4 nitrogen and oxygen atoms in total. The molecule has 0 aromatic carbocycles. The van der Waals surface area contributed by atoms with Crippen molar-refractivity contribution in [2.45, 2.75) is 0 Å². The molecule has 4 heteroatoms. The highest BCUT2D eigenvalue weighted by Gasteiger charge is 2.00. The van der Waals surface area contributed by atoms with Crippen molar-refractivity contribution in [3.8, 4) is 0 Å². The van der Waals surface area contributed by atoms with Crippen molar-refractivity contribution in [1.82, 2.24) is 4.90 Å². The molecule has 0 spiro atoms. The van der Waals surface area contributed by atoms with Gasteiger partial charge in [0.15, 0.2) is 5.78 Å². The van der Waals surface area contributed by atoms with E-state index in [1.165, 1.54) is 18.5 Å². The third-order valence-electron chi connectivity index (χ3n) is 1.26. The molecule has 0 aliphatic rings. The molecule has 0 aliphatic heterocycles. The number of hydrogen-bond donors (Lipinski definition) is 1. The average Bonchev–Trinajstić information content (AvgIpc) is 2.10. The van der Waals surface area contributed by atoms with E-state index in [1.807, 2.05) is 14.1 Å². The lowest BCUT2D eigenvalue weighted by Crippen LogP contribution is -2.06. The highest BCUT2D eigenvalue weighted by atomic mass is 16.1. The summed E-state index contributed by atoms with van der Waals surface area (Å²) in [6.45, 7) is 0. The van der Waals surface area contributed by atoms with E-state index in [1.54, 1.807) is 18.1 Å². The molecule has 2 N–H and O–H groups in total. The van der Waals surface area contributed by atoms with Crippen LogP contribution in [0.1, 0.15) is 0 Å². The monoisotopic (exact) mass is 181 g/mol. The van der Waals surface area contributed by atoms with E-state index in [0.29, 0.717) is 5.57 Å². The van der Waals surface area contributed by atoms with E-state index < -0.39 is 0 Å². The van der Waals surface area contributed by atoms with E-state index in [-0.39, 0.29) is 5.78 Å². The number of nitrogens with zero attached hydrogens (tertiary/aromatic N) is 2. The maximum atomic E-state index is 11.3. The van der Waals surface area contributed by atoms with Crippen molar-refractivity contribution in [1.29, 1.82) is 0 Å². The van der Waals surface area contributed by atoms with Gasteiger partial charge in [-0.25, -0.2) is 0 Å². The fraction of sp³-hybridized carbons (Fsp3) is 0.333. The smallest absolute Gasteiger partial charge is 0.190 e. The minimum Gasteiger partial charge on any atom is -0.404 e. The number of rotatable bonds is 4. The van der Waals surface area contributed by atoms with E-state index >= 15 is 0 Å². The highest BCUT2D eigenvalue weighted by molar-refractivity contribution is 6.18. The molecule has 0 aliphatic carbocycles. The normalized spacial score (nSPS) is 12.7. The van der Waals surface area contributed by atoms with Gasteiger partial charge in [0.05, 0.1) is 5.57 Å². The Hall–Kier alpha value is -1.58. The molecule has 72 valence electrons. The third kappa shape index (κ3) is 4.79. The molecule has 0 fully saturated rings. The lowest BCUT2D eigenvalue weighted by atomic mass is 10.2. The summed E-state index contributed by atoms with van der Waals surface area (Å²) in [6.07, 6.45) is 5.79. The van der Waals surface area contributed by atoms with Crippen LogP contribution in [0, 0.1) is 0 Å². The molecule has 0 heterocycles. The number of hydrogen-bond acceptors (Lipinski definition) is 4. The number of aliphatic imine (C=N–C) groups is 1. The summed E-state index contributed by atoms with van der Waals surface area (Å²) >= 11 is 0. The summed E-state index contributed by atoms with van der Waals surface area (Å²) in [6, 6.07) is 0. The minimum atomic E-state index is -0.151. The molecule has 0 radical (unpaired) electrons. The van der Waals surface area contributed by atoms with Crippen LogP contribution in [-0.4, -0.2) is 38.0 Å². The Kier molecular flexibility index (Phi) is 5.27. The number of ketones is 1. The Bertz CT molecular complexity index is 252. The van der Waals surface area contributed by atoms with Gasteiger partial charge >= 0.3 is 0 Å². The van der Waals surface area contributed by atoms with Gasteiger partial charge < -0.3 is 10.6 Å². The van der Waals surface area contributed by atoms with Crippen LogP contribution in [0.15, 0.2) is 29.0 Å². The summed E-state index contributed by atoms with van der Waals surface area (Å²) < 4.78 is 0. The molecule has 0 saturated heterocycles. The Balaban J connectivity index is 4.41. The maximum absolute atomic E-state index is 11.3. The van der Waals surface area contributed by atoms with Crippen molar-refractivity contribution >= 4 is 12.0 Å². The second-order valence-electron chi connectivity index (χ2n) is 2.65. The SMILES string of the molecule is CN=CC(=CN)C(=O)/C=C/N(C)C. The predicted octanol–water partition coefficient (Wildman–Crippen LogP) is 0.174. The first-order valence-electron chi connectivity index (χ1n) is 3.84. The Morgan fingerprint density at radius 2 is 2.08 bits per heavy atom. The lowest BCUT2D eigenvalue weighted by molar-refractivity contribution is -0.110. The molecular formula is C9H15N3O. The van der Waals surface area contributed by atoms with E-state index in [9.17, 15) is 4.79 Å². The van der Waals surface area contributed by atoms with Gasteiger partial charge in [0, 0.05) is 45.8 Å². The van der Waals surface area contributed by atoms with Gasteiger partial charge in [0.25, 0.3) is 0 Å². The second-order valence-corrected chi connectivity index (χ2v) is 2.65. The Morgan fingerprint density at radius 3 is 2.46 bits per heavy atom. The molecule has 13 heavy (non-hydrogen) atoms. The molecule has 0 aromatic heterocycles. The second kappa shape index (κ2) is 5.99. The number of allylic oxidation sites excluding steroid dienone is 2. The zero-order valence-corrected chi connectivity index (χ0v) is 8.19. The van der Waals surface area contributed by atoms with Gasteiger partial charge in [-0.05, 0) is 0 Å². The zero-order chi connectivity index (χ0) is 10.3. The van der Waals surface area contributed by atoms with E-state index in [2.05, 4.69) is 4.99 Å². The molecule has 0 rings (SSSR count). The van der Waals surface area contributed by atoms with Crippen LogP contribution in [0.3, 0.4) is 0 Å². The van der Waals surface area contributed by atoms with Gasteiger partial charge in [0.2, 0.25) is 0 Å². The number of carbonyl (C=O) groups excluding carboxylic acids is 1. The summed E-state index contributed by atoms with van der Waals surface area (Å²) in [5, 5.41) is 0. The maximum Gasteiger partial charge on any atom is 0.190 e. The first-order chi connectivity index (χ1) is 6.11. The zero-order valence-electron chi connectivity index (χ0n) is 8.19.